The summed E-state index contributed by atoms with van der Waals surface area (Å²) in [6.07, 6.45) is 1.04. The molecule has 1 unspecified atom stereocenters. The van der Waals surface area contributed by atoms with Crippen molar-refractivity contribution in [3.63, 3.8) is 0 Å². The number of halogens is 1. The van der Waals surface area contributed by atoms with Crippen LogP contribution in [0.5, 0.6) is 0 Å². The number of benzene rings is 2. The van der Waals surface area contributed by atoms with Crippen LogP contribution in [0.3, 0.4) is 0 Å². The number of quaternary nitrogens is 1. The van der Waals surface area contributed by atoms with Crippen LogP contribution in [0.25, 0.3) is 0 Å². The highest BCUT2D eigenvalue weighted by Crippen LogP contribution is 2.04. The van der Waals surface area contributed by atoms with E-state index in [9.17, 15) is 9.18 Å². The Balaban J connectivity index is 1.76. The Labute approximate surface area is 137 Å². The van der Waals surface area contributed by atoms with E-state index in [4.69, 9.17) is 0 Å². The van der Waals surface area contributed by atoms with E-state index in [0.29, 0.717) is 13.1 Å². The van der Waals surface area contributed by atoms with Gasteiger partial charge >= 0.3 is 0 Å². The predicted molar refractivity (Wildman–Crippen MR) is 89.5 cm³/mol. The maximum atomic E-state index is 12.8. The molecule has 0 radical (unpaired) electrons. The van der Waals surface area contributed by atoms with Crippen LogP contribution in [0.4, 0.5) is 4.39 Å². The molecule has 1 atom stereocenters. The zero-order valence-corrected chi connectivity index (χ0v) is 13.7. The van der Waals surface area contributed by atoms with Crippen molar-refractivity contribution in [1.82, 2.24) is 5.32 Å². The van der Waals surface area contributed by atoms with Crippen molar-refractivity contribution in [2.45, 2.75) is 26.4 Å². The molecule has 122 valence electrons. The minimum absolute atomic E-state index is 0.00277. The number of aryl methyl sites for hydroxylation is 1. The molecule has 0 saturated carbocycles. The summed E-state index contributed by atoms with van der Waals surface area (Å²) in [7, 11) is 2.01. The van der Waals surface area contributed by atoms with Crippen LogP contribution in [0.2, 0.25) is 0 Å². The second kappa shape index (κ2) is 8.44. The molecule has 23 heavy (non-hydrogen) atoms. The van der Waals surface area contributed by atoms with Gasteiger partial charge in [-0.2, -0.15) is 0 Å². The number of rotatable bonds is 7. The molecule has 0 saturated heterocycles. The van der Waals surface area contributed by atoms with Crippen molar-refractivity contribution in [3.8, 4) is 0 Å². The van der Waals surface area contributed by atoms with Crippen LogP contribution in [0.1, 0.15) is 23.6 Å². The standard InChI is InChI=1S/C19H23FN2O/c1-3-15-4-6-17(7-5-15)13-22(2)14-19(23)21-12-16-8-10-18(20)11-9-16/h4-11H,3,12-14H2,1-2H3,(H,21,23)/p+1. The van der Waals surface area contributed by atoms with Crippen molar-refractivity contribution >= 4 is 5.91 Å². The summed E-state index contributed by atoms with van der Waals surface area (Å²) in [6.45, 7) is 3.79. The Morgan fingerprint density at radius 3 is 2.17 bits per heavy atom. The number of hydrogen-bond acceptors (Lipinski definition) is 1. The SMILES string of the molecule is CCc1ccc(C[NH+](C)CC(=O)NCc2ccc(F)cc2)cc1. The fraction of sp³-hybridized carbons (Fsp3) is 0.316. The molecule has 0 aliphatic carbocycles. The van der Waals surface area contributed by atoms with E-state index in [0.717, 1.165) is 23.4 Å². The molecule has 0 fully saturated rings. The van der Waals surface area contributed by atoms with Gasteiger partial charge in [0.15, 0.2) is 6.54 Å². The number of amides is 1. The van der Waals surface area contributed by atoms with Gasteiger partial charge in [0, 0.05) is 12.1 Å². The summed E-state index contributed by atoms with van der Waals surface area (Å²) in [5, 5.41) is 2.87. The van der Waals surface area contributed by atoms with Crippen molar-refractivity contribution in [2.24, 2.45) is 0 Å². The van der Waals surface area contributed by atoms with Gasteiger partial charge in [0.05, 0.1) is 7.05 Å². The smallest absolute Gasteiger partial charge is 0.275 e. The lowest BCUT2D eigenvalue weighted by atomic mass is 10.1. The maximum absolute atomic E-state index is 12.8. The molecule has 3 nitrogen and oxygen atoms in total. The first-order valence-corrected chi connectivity index (χ1v) is 7.97. The van der Waals surface area contributed by atoms with Gasteiger partial charge in [-0.1, -0.05) is 43.3 Å². The average molecular weight is 315 g/mol. The molecule has 0 spiro atoms. The number of hydrogen-bond donors (Lipinski definition) is 2. The van der Waals surface area contributed by atoms with E-state index in [-0.39, 0.29) is 11.7 Å². The summed E-state index contributed by atoms with van der Waals surface area (Å²) in [5.74, 6) is -0.268. The highest BCUT2D eigenvalue weighted by atomic mass is 19.1. The lowest BCUT2D eigenvalue weighted by molar-refractivity contribution is -0.885. The zero-order valence-electron chi connectivity index (χ0n) is 13.7. The fourth-order valence-corrected chi connectivity index (χ4v) is 2.44. The van der Waals surface area contributed by atoms with Crippen LogP contribution >= 0.6 is 0 Å². The average Bonchev–Trinajstić information content (AvgIpc) is 2.55. The Morgan fingerprint density at radius 1 is 1.00 bits per heavy atom. The van der Waals surface area contributed by atoms with Gasteiger partial charge in [-0.15, -0.1) is 0 Å². The van der Waals surface area contributed by atoms with Crippen molar-refractivity contribution < 1.29 is 14.1 Å². The monoisotopic (exact) mass is 315 g/mol. The summed E-state index contributed by atoms with van der Waals surface area (Å²) in [6, 6.07) is 14.7. The van der Waals surface area contributed by atoms with Crippen LogP contribution in [-0.2, 0) is 24.3 Å². The van der Waals surface area contributed by atoms with Crippen LogP contribution in [-0.4, -0.2) is 19.5 Å². The third-order valence-corrected chi connectivity index (χ3v) is 3.80. The van der Waals surface area contributed by atoms with Gasteiger partial charge in [-0.05, 0) is 29.7 Å². The topological polar surface area (TPSA) is 33.5 Å². The molecule has 0 heterocycles. The van der Waals surface area contributed by atoms with E-state index in [1.165, 1.54) is 23.3 Å². The van der Waals surface area contributed by atoms with Gasteiger partial charge in [0.25, 0.3) is 5.91 Å². The Hall–Kier alpha value is -2.20. The molecule has 2 rings (SSSR count). The summed E-state index contributed by atoms with van der Waals surface area (Å²) < 4.78 is 12.8. The van der Waals surface area contributed by atoms with Crippen LogP contribution < -0.4 is 10.2 Å². The summed E-state index contributed by atoms with van der Waals surface area (Å²) in [5.41, 5.74) is 3.45. The molecule has 2 N–H and O–H groups in total. The third kappa shape index (κ3) is 5.83. The molecule has 1 amide bonds. The molecule has 2 aromatic rings. The Bertz CT molecular complexity index is 623. The molecular formula is C19H24FN2O+. The number of carbonyl (C=O) groups is 1. The minimum atomic E-state index is -0.265. The highest BCUT2D eigenvalue weighted by Gasteiger charge is 2.10. The largest absolute Gasteiger partial charge is 0.347 e. The normalized spacial score (nSPS) is 12.0. The van der Waals surface area contributed by atoms with Gasteiger partial charge in [-0.3, -0.25) is 4.79 Å². The summed E-state index contributed by atoms with van der Waals surface area (Å²) in [4.78, 5) is 13.1. The lowest BCUT2D eigenvalue weighted by Crippen LogP contribution is -3.08. The molecule has 0 aliphatic heterocycles. The predicted octanol–water partition coefficient (Wildman–Crippen LogP) is 1.72. The number of likely N-dealkylation sites (N-methyl/N-ethyl adjacent to an activating group) is 1. The van der Waals surface area contributed by atoms with Gasteiger partial charge in [0.1, 0.15) is 12.4 Å². The molecule has 0 bridgehead atoms. The fourth-order valence-electron chi connectivity index (χ4n) is 2.44. The second-order valence-corrected chi connectivity index (χ2v) is 5.88. The van der Waals surface area contributed by atoms with Gasteiger partial charge in [-0.25, -0.2) is 4.39 Å². The molecular weight excluding hydrogens is 291 g/mol. The highest BCUT2D eigenvalue weighted by molar-refractivity contribution is 5.76. The Kier molecular flexibility index (Phi) is 6.29. The van der Waals surface area contributed by atoms with Gasteiger partial charge < -0.3 is 10.2 Å². The molecule has 2 aromatic carbocycles. The maximum Gasteiger partial charge on any atom is 0.275 e. The van der Waals surface area contributed by atoms with E-state index >= 15 is 0 Å². The molecule has 0 aromatic heterocycles. The second-order valence-electron chi connectivity index (χ2n) is 5.88. The van der Waals surface area contributed by atoms with E-state index in [1.54, 1.807) is 12.1 Å². The Morgan fingerprint density at radius 2 is 1.57 bits per heavy atom. The minimum Gasteiger partial charge on any atom is -0.347 e. The van der Waals surface area contributed by atoms with E-state index in [1.807, 2.05) is 7.05 Å². The van der Waals surface area contributed by atoms with Crippen molar-refractivity contribution in [3.05, 3.63) is 71.0 Å². The van der Waals surface area contributed by atoms with Crippen molar-refractivity contribution in [2.75, 3.05) is 13.6 Å². The van der Waals surface area contributed by atoms with Crippen molar-refractivity contribution in [1.29, 1.82) is 0 Å². The quantitative estimate of drug-likeness (QED) is 0.801. The summed E-state index contributed by atoms with van der Waals surface area (Å²) >= 11 is 0. The van der Waals surface area contributed by atoms with Gasteiger partial charge in [0.2, 0.25) is 0 Å². The van der Waals surface area contributed by atoms with Crippen LogP contribution in [0.15, 0.2) is 48.5 Å². The van der Waals surface area contributed by atoms with Crippen LogP contribution in [0, 0.1) is 5.82 Å². The molecule has 0 aliphatic rings. The third-order valence-electron chi connectivity index (χ3n) is 3.80. The van der Waals surface area contributed by atoms with E-state index < -0.39 is 0 Å². The first-order chi connectivity index (χ1) is 11.1. The molecule has 4 heteroatoms. The number of nitrogens with one attached hydrogen (secondary N) is 2. The first kappa shape index (κ1) is 17.2. The van der Waals surface area contributed by atoms with E-state index in [2.05, 4.69) is 36.5 Å². The zero-order chi connectivity index (χ0) is 16.7. The number of carbonyl (C=O) groups excluding carboxylic acids is 1. The first-order valence-electron chi connectivity index (χ1n) is 7.97. The lowest BCUT2D eigenvalue weighted by Gasteiger charge is -2.14.